The molecule has 0 saturated carbocycles. The molecule has 0 aliphatic rings. The van der Waals surface area contributed by atoms with E-state index < -0.39 is 0 Å². The monoisotopic (exact) mass is 585 g/mol. The van der Waals surface area contributed by atoms with Gasteiger partial charge in [-0.2, -0.15) is 10.4 Å². The Morgan fingerprint density at radius 3 is 2.51 bits per heavy atom. The number of nitriles is 1. The number of methoxy groups -OCH3 is 1. The van der Waals surface area contributed by atoms with Crippen LogP contribution in [-0.4, -0.2) is 31.8 Å². The Morgan fingerprint density at radius 2 is 1.80 bits per heavy atom. The number of ether oxygens (including phenoxy) is 2. The first kappa shape index (κ1) is 27.9. The molecule has 5 aromatic rings. The maximum Gasteiger partial charge on any atom is 0.169 e. The van der Waals surface area contributed by atoms with E-state index in [1.807, 2.05) is 32.9 Å². The molecule has 206 valence electrons. The van der Waals surface area contributed by atoms with Crippen molar-refractivity contribution in [2.75, 3.05) is 12.8 Å². The summed E-state index contributed by atoms with van der Waals surface area (Å²) in [6, 6.07) is 16.2. The van der Waals surface area contributed by atoms with Gasteiger partial charge in [-0.25, -0.2) is 14.6 Å². The zero-order valence-electron chi connectivity index (χ0n) is 22.7. The van der Waals surface area contributed by atoms with Crippen molar-refractivity contribution in [2.45, 2.75) is 20.8 Å². The van der Waals surface area contributed by atoms with E-state index in [1.54, 1.807) is 60.5 Å². The van der Waals surface area contributed by atoms with Crippen molar-refractivity contribution in [3.8, 4) is 40.3 Å². The van der Waals surface area contributed by atoms with Gasteiger partial charge in [0.05, 0.1) is 39.5 Å². The van der Waals surface area contributed by atoms with Gasteiger partial charge < -0.3 is 15.2 Å². The summed E-state index contributed by atoms with van der Waals surface area (Å²) in [5.74, 6) is 1.70. The molecule has 3 heterocycles. The molecule has 2 aromatic carbocycles. The minimum atomic E-state index is -0.204. The van der Waals surface area contributed by atoms with E-state index in [2.05, 4.69) is 21.0 Å². The Balaban J connectivity index is 1.61. The quantitative estimate of drug-likeness (QED) is 0.203. The molecule has 0 unspecified atom stereocenters. The average molecular weight is 586 g/mol. The first-order valence-corrected chi connectivity index (χ1v) is 13.2. The zero-order valence-corrected chi connectivity index (χ0v) is 24.2. The molecule has 11 heteroatoms. The van der Waals surface area contributed by atoms with Crippen LogP contribution in [0.25, 0.3) is 33.6 Å². The molecule has 9 nitrogen and oxygen atoms in total. The van der Waals surface area contributed by atoms with Crippen molar-refractivity contribution in [3.05, 3.63) is 82.9 Å². The highest BCUT2D eigenvalue weighted by Gasteiger charge is 2.21. The van der Waals surface area contributed by atoms with Crippen LogP contribution in [0, 0.1) is 16.7 Å². The molecular formula is C30H25Cl2N7O2. The van der Waals surface area contributed by atoms with E-state index in [0.717, 1.165) is 0 Å². The number of fused-ring (bicyclic) bond motifs is 1. The summed E-state index contributed by atoms with van der Waals surface area (Å²) in [7, 11) is 1.55. The second-order valence-corrected chi connectivity index (χ2v) is 11.0. The van der Waals surface area contributed by atoms with Crippen molar-refractivity contribution in [1.82, 2.24) is 24.7 Å². The van der Waals surface area contributed by atoms with Gasteiger partial charge in [0.15, 0.2) is 17.1 Å². The van der Waals surface area contributed by atoms with Gasteiger partial charge in [-0.3, -0.25) is 4.98 Å². The fraction of sp³-hybridized carbons (Fsp3) is 0.167. The van der Waals surface area contributed by atoms with E-state index in [1.165, 1.54) is 6.33 Å². The number of benzene rings is 2. The Morgan fingerprint density at radius 1 is 1.00 bits per heavy atom. The van der Waals surface area contributed by atoms with Crippen molar-refractivity contribution in [3.63, 3.8) is 0 Å². The lowest BCUT2D eigenvalue weighted by atomic mass is 9.93. The standard InChI is InChI=1S/C30H25Cl2N7O2/c1-30(2,3)14-18(15-33)23-12-19(9-10-35-23)39-29-26(28(34)36-16-37-29)27(38-39)17-5-8-24(25(11-17)40-4)41-20-6-7-21(31)22(32)13-20/h5-14,16H,1-4H3,(H2,34,36,37)/b18-14+. The van der Waals surface area contributed by atoms with E-state index in [0.29, 0.717) is 66.5 Å². The molecule has 5 rings (SSSR count). The van der Waals surface area contributed by atoms with Crippen LogP contribution in [-0.2, 0) is 0 Å². The van der Waals surface area contributed by atoms with Crippen LogP contribution < -0.4 is 15.2 Å². The van der Waals surface area contributed by atoms with Gasteiger partial charge in [0.2, 0.25) is 0 Å². The predicted octanol–water partition coefficient (Wildman–Crippen LogP) is 7.52. The summed E-state index contributed by atoms with van der Waals surface area (Å²) in [5, 5.41) is 16.1. The zero-order chi connectivity index (χ0) is 29.3. The van der Waals surface area contributed by atoms with Crippen molar-refractivity contribution >= 4 is 45.6 Å². The lowest BCUT2D eigenvalue weighted by Crippen LogP contribution is -2.03. The highest BCUT2D eigenvalue weighted by atomic mass is 35.5. The highest BCUT2D eigenvalue weighted by molar-refractivity contribution is 6.42. The van der Waals surface area contributed by atoms with Crippen LogP contribution in [0.5, 0.6) is 17.2 Å². The van der Waals surface area contributed by atoms with Crippen molar-refractivity contribution in [2.24, 2.45) is 5.41 Å². The van der Waals surface area contributed by atoms with Crippen LogP contribution >= 0.6 is 23.2 Å². The van der Waals surface area contributed by atoms with E-state index >= 15 is 0 Å². The number of aromatic nitrogens is 5. The van der Waals surface area contributed by atoms with E-state index in [4.69, 9.17) is 43.5 Å². The molecule has 0 spiro atoms. The molecule has 0 bridgehead atoms. The summed E-state index contributed by atoms with van der Waals surface area (Å²) in [4.78, 5) is 13.1. The van der Waals surface area contributed by atoms with Gasteiger partial charge in [0.1, 0.15) is 29.7 Å². The van der Waals surface area contributed by atoms with Gasteiger partial charge in [-0.15, -0.1) is 0 Å². The fourth-order valence-corrected chi connectivity index (χ4v) is 4.51. The average Bonchev–Trinajstić information content (AvgIpc) is 3.34. The Hall–Kier alpha value is -4.65. The third-order valence-electron chi connectivity index (χ3n) is 6.01. The summed E-state index contributed by atoms with van der Waals surface area (Å²) in [6.07, 6.45) is 4.91. The molecule has 3 aromatic heterocycles. The molecule has 0 radical (unpaired) electrons. The largest absolute Gasteiger partial charge is 0.493 e. The van der Waals surface area contributed by atoms with Crippen LogP contribution in [0.1, 0.15) is 26.5 Å². The molecule has 0 atom stereocenters. The molecule has 2 N–H and O–H groups in total. The van der Waals surface area contributed by atoms with Crippen molar-refractivity contribution < 1.29 is 9.47 Å². The summed E-state index contributed by atoms with van der Waals surface area (Å²) >= 11 is 12.2. The van der Waals surface area contributed by atoms with Crippen LogP contribution in [0.3, 0.4) is 0 Å². The van der Waals surface area contributed by atoms with Gasteiger partial charge in [0, 0.05) is 17.8 Å². The number of hydrogen-bond donors (Lipinski definition) is 1. The molecule has 0 saturated heterocycles. The number of rotatable bonds is 6. The number of nitrogen functional groups attached to an aromatic ring is 1. The lowest BCUT2D eigenvalue weighted by Gasteiger charge is -2.13. The molecular weight excluding hydrogens is 561 g/mol. The first-order valence-electron chi connectivity index (χ1n) is 12.5. The van der Waals surface area contributed by atoms with Crippen LogP contribution in [0.15, 0.2) is 67.1 Å². The number of allylic oxidation sites excluding steroid dienone is 2. The second-order valence-electron chi connectivity index (χ2n) is 10.2. The number of hydrogen-bond acceptors (Lipinski definition) is 8. The first-order chi connectivity index (χ1) is 19.6. The maximum atomic E-state index is 9.80. The third-order valence-corrected chi connectivity index (χ3v) is 6.75. The molecule has 0 amide bonds. The molecule has 0 aliphatic carbocycles. The smallest absolute Gasteiger partial charge is 0.169 e. The normalized spacial score (nSPS) is 11.9. The van der Waals surface area contributed by atoms with Crippen LogP contribution in [0.2, 0.25) is 10.0 Å². The fourth-order valence-electron chi connectivity index (χ4n) is 4.22. The summed E-state index contributed by atoms with van der Waals surface area (Å²) in [5.41, 5.74) is 9.52. The minimum Gasteiger partial charge on any atom is -0.493 e. The van der Waals surface area contributed by atoms with Crippen molar-refractivity contribution in [1.29, 1.82) is 5.26 Å². The Labute approximate surface area is 246 Å². The van der Waals surface area contributed by atoms with E-state index in [-0.39, 0.29) is 11.2 Å². The summed E-state index contributed by atoms with van der Waals surface area (Å²) in [6.45, 7) is 6.07. The van der Waals surface area contributed by atoms with Crippen LogP contribution in [0.4, 0.5) is 5.82 Å². The maximum absolute atomic E-state index is 9.80. The number of pyridine rings is 1. The van der Waals surface area contributed by atoms with E-state index in [9.17, 15) is 5.26 Å². The topological polar surface area (TPSA) is 125 Å². The second kappa shape index (κ2) is 11.1. The third kappa shape index (κ3) is 5.80. The number of nitrogens with two attached hydrogens (primary N) is 1. The number of anilines is 1. The SMILES string of the molecule is COc1cc(-c2nn(-c3ccnc(/C(C#N)=C/C(C)(C)C)c3)c3ncnc(N)c23)ccc1Oc1ccc(Cl)c(Cl)c1. The van der Waals surface area contributed by atoms with Gasteiger partial charge in [-0.1, -0.05) is 50.0 Å². The van der Waals surface area contributed by atoms with Gasteiger partial charge >= 0.3 is 0 Å². The predicted molar refractivity (Wildman–Crippen MR) is 160 cm³/mol. The van der Waals surface area contributed by atoms with Gasteiger partial charge in [-0.05, 0) is 47.9 Å². The molecule has 41 heavy (non-hydrogen) atoms. The molecule has 0 aliphatic heterocycles. The Kier molecular flexibility index (Phi) is 7.54. The van der Waals surface area contributed by atoms with Gasteiger partial charge in [0.25, 0.3) is 0 Å². The highest BCUT2D eigenvalue weighted by Crippen LogP contribution is 2.39. The molecule has 0 fully saturated rings. The Bertz CT molecular complexity index is 1850. The number of halogens is 2. The minimum absolute atomic E-state index is 0.204. The lowest BCUT2D eigenvalue weighted by molar-refractivity contribution is 0.379. The number of nitrogens with zero attached hydrogens (tertiary/aromatic N) is 6. The summed E-state index contributed by atoms with van der Waals surface area (Å²) < 4.78 is 13.3.